The number of carbonyl (C=O) groups is 2. The second-order valence-corrected chi connectivity index (χ2v) is 7.38. The van der Waals surface area contributed by atoms with Gasteiger partial charge in [0.25, 0.3) is 0 Å². The van der Waals surface area contributed by atoms with Gasteiger partial charge in [0.1, 0.15) is 0 Å². The third-order valence-electron chi connectivity index (χ3n) is 5.02. The summed E-state index contributed by atoms with van der Waals surface area (Å²) < 4.78 is 10.5. The van der Waals surface area contributed by atoms with Gasteiger partial charge in [0, 0.05) is 6.07 Å². The van der Waals surface area contributed by atoms with Crippen LogP contribution in [0.5, 0.6) is 5.75 Å². The number of benzene rings is 3. The largest absolute Gasteiger partial charge is 0.487 e. The third-order valence-corrected chi connectivity index (χ3v) is 5.02. The zero-order chi connectivity index (χ0) is 23.1. The normalized spacial score (nSPS) is 11.4. The van der Waals surface area contributed by atoms with Gasteiger partial charge < -0.3 is 9.47 Å². The van der Waals surface area contributed by atoms with E-state index in [1.54, 1.807) is 54.6 Å². The molecule has 0 amide bonds. The summed E-state index contributed by atoms with van der Waals surface area (Å²) in [6.07, 6.45) is 0.914. The maximum atomic E-state index is 12.3. The highest BCUT2D eigenvalue weighted by Gasteiger charge is 2.18. The number of nitro benzene ring substituents is 1. The molecule has 0 aliphatic heterocycles. The molecule has 0 N–H and O–H groups in total. The Morgan fingerprint density at radius 1 is 0.906 bits per heavy atom. The average molecular weight is 433 g/mol. The molecular weight excluding hydrogens is 410 g/mol. The van der Waals surface area contributed by atoms with Crippen LogP contribution < -0.4 is 4.74 Å². The number of carbonyl (C=O) groups excluding carboxylic acids is 2. The summed E-state index contributed by atoms with van der Waals surface area (Å²) in [5, 5.41) is 11.5. The molecular formula is C25H23NO6. The molecule has 0 aliphatic rings. The maximum absolute atomic E-state index is 12.3. The fourth-order valence-electron chi connectivity index (χ4n) is 2.89. The first kappa shape index (κ1) is 22.7. The number of hydrogen-bond donors (Lipinski definition) is 0. The second kappa shape index (κ2) is 10.3. The maximum Gasteiger partial charge on any atom is 0.346 e. The van der Waals surface area contributed by atoms with Crippen molar-refractivity contribution in [2.75, 3.05) is 6.61 Å². The summed E-state index contributed by atoms with van der Waals surface area (Å²) in [5.74, 6) is -0.998. The minimum atomic E-state index is -0.773. The van der Waals surface area contributed by atoms with Crippen LogP contribution in [0.4, 0.5) is 5.69 Å². The van der Waals surface area contributed by atoms with E-state index in [0.29, 0.717) is 17.7 Å². The molecule has 0 heterocycles. The van der Waals surface area contributed by atoms with Gasteiger partial charge in [0.15, 0.2) is 5.75 Å². The predicted molar refractivity (Wildman–Crippen MR) is 120 cm³/mol. The first-order valence-electron chi connectivity index (χ1n) is 10.2. The highest BCUT2D eigenvalue weighted by molar-refractivity contribution is 6.02. The lowest BCUT2D eigenvalue weighted by Crippen LogP contribution is -2.12. The van der Waals surface area contributed by atoms with Crippen molar-refractivity contribution in [3.8, 4) is 16.9 Å². The van der Waals surface area contributed by atoms with E-state index < -0.39 is 16.9 Å². The van der Waals surface area contributed by atoms with Crippen molar-refractivity contribution in [1.82, 2.24) is 0 Å². The Hall–Kier alpha value is -4.00. The van der Waals surface area contributed by atoms with Gasteiger partial charge >= 0.3 is 17.6 Å². The van der Waals surface area contributed by atoms with E-state index in [1.807, 2.05) is 13.8 Å². The van der Waals surface area contributed by atoms with Crippen LogP contribution in [-0.4, -0.2) is 23.5 Å². The third kappa shape index (κ3) is 5.57. The van der Waals surface area contributed by atoms with E-state index in [9.17, 15) is 19.7 Å². The molecule has 0 spiro atoms. The molecule has 0 radical (unpaired) electrons. The summed E-state index contributed by atoms with van der Waals surface area (Å²) in [7, 11) is 0. The van der Waals surface area contributed by atoms with Crippen LogP contribution >= 0.6 is 0 Å². The SMILES string of the molecule is CCC(C)COc1ccc(-c2ccc(C(=O)OC(=O)c3ccccc3)cc2)cc1[N+](=O)[O-]. The fourth-order valence-corrected chi connectivity index (χ4v) is 2.89. The molecule has 0 aromatic heterocycles. The first-order chi connectivity index (χ1) is 15.4. The fraction of sp³-hybridized carbons (Fsp3) is 0.200. The minimum Gasteiger partial charge on any atom is -0.487 e. The average Bonchev–Trinajstić information content (AvgIpc) is 2.82. The molecule has 3 rings (SSSR count). The van der Waals surface area contributed by atoms with Gasteiger partial charge in [-0.05, 0) is 47.4 Å². The van der Waals surface area contributed by atoms with Gasteiger partial charge in [0.05, 0.1) is 22.7 Å². The lowest BCUT2D eigenvalue weighted by Gasteiger charge is -2.12. The van der Waals surface area contributed by atoms with Crippen LogP contribution in [0.25, 0.3) is 11.1 Å². The van der Waals surface area contributed by atoms with Gasteiger partial charge in [-0.3, -0.25) is 10.1 Å². The van der Waals surface area contributed by atoms with Gasteiger partial charge in [-0.1, -0.05) is 56.7 Å². The summed E-state index contributed by atoms with van der Waals surface area (Å²) in [5.41, 5.74) is 1.63. The minimum absolute atomic E-state index is 0.122. The zero-order valence-corrected chi connectivity index (χ0v) is 17.8. The molecule has 0 bridgehead atoms. The lowest BCUT2D eigenvalue weighted by molar-refractivity contribution is -0.385. The number of esters is 2. The smallest absolute Gasteiger partial charge is 0.346 e. The zero-order valence-electron chi connectivity index (χ0n) is 17.8. The van der Waals surface area contributed by atoms with Crippen molar-refractivity contribution in [3.63, 3.8) is 0 Å². The molecule has 1 unspecified atom stereocenters. The topological polar surface area (TPSA) is 95.7 Å². The number of nitrogens with zero attached hydrogens (tertiary/aromatic N) is 1. The van der Waals surface area contributed by atoms with Gasteiger partial charge in [0.2, 0.25) is 0 Å². The van der Waals surface area contributed by atoms with Crippen molar-refractivity contribution < 1.29 is 24.0 Å². The molecule has 0 saturated carbocycles. The van der Waals surface area contributed by atoms with E-state index in [1.165, 1.54) is 18.2 Å². The van der Waals surface area contributed by atoms with Gasteiger partial charge in [-0.25, -0.2) is 9.59 Å². The molecule has 7 nitrogen and oxygen atoms in total. The summed E-state index contributed by atoms with van der Waals surface area (Å²) >= 11 is 0. The van der Waals surface area contributed by atoms with Crippen molar-refractivity contribution in [2.24, 2.45) is 5.92 Å². The van der Waals surface area contributed by atoms with Crippen LogP contribution in [0, 0.1) is 16.0 Å². The summed E-state index contributed by atoms with van der Waals surface area (Å²) in [4.78, 5) is 35.4. The number of hydrogen-bond acceptors (Lipinski definition) is 6. The molecule has 32 heavy (non-hydrogen) atoms. The predicted octanol–water partition coefficient (Wildman–Crippen LogP) is 5.68. The Morgan fingerprint density at radius 2 is 1.50 bits per heavy atom. The van der Waals surface area contributed by atoms with Crippen LogP contribution in [-0.2, 0) is 4.74 Å². The highest BCUT2D eigenvalue weighted by Crippen LogP contribution is 2.33. The Morgan fingerprint density at radius 3 is 2.09 bits per heavy atom. The molecule has 0 saturated heterocycles. The van der Waals surface area contributed by atoms with Gasteiger partial charge in [-0.15, -0.1) is 0 Å². The molecule has 1 atom stereocenters. The molecule has 164 valence electrons. The van der Waals surface area contributed by atoms with E-state index in [-0.39, 0.29) is 28.5 Å². The van der Waals surface area contributed by atoms with Crippen LogP contribution in [0.2, 0.25) is 0 Å². The van der Waals surface area contributed by atoms with Crippen LogP contribution in [0.3, 0.4) is 0 Å². The molecule has 0 aliphatic carbocycles. The molecule has 0 fully saturated rings. The summed E-state index contributed by atoms with van der Waals surface area (Å²) in [6.45, 7) is 4.44. The number of ether oxygens (including phenoxy) is 2. The van der Waals surface area contributed by atoms with Crippen molar-refractivity contribution in [3.05, 3.63) is 94.0 Å². The Labute approximate surface area is 185 Å². The Balaban J connectivity index is 1.75. The lowest BCUT2D eigenvalue weighted by atomic mass is 10.0. The number of rotatable bonds is 8. The van der Waals surface area contributed by atoms with E-state index in [0.717, 1.165) is 6.42 Å². The highest BCUT2D eigenvalue weighted by atomic mass is 16.6. The summed E-state index contributed by atoms with van der Waals surface area (Å²) in [6, 6.07) is 19.3. The van der Waals surface area contributed by atoms with Crippen molar-refractivity contribution in [1.29, 1.82) is 0 Å². The first-order valence-corrected chi connectivity index (χ1v) is 10.2. The van der Waals surface area contributed by atoms with Crippen molar-refractivity contribution >= 4 is 17.6 Å². The second-order valence-electron chi connectivity index (χ2n) is 7.38. The van der Waals surface area contributed by atoms with E-state index in [2.05, 4.69) is 0 Å². The van der Waals surface area contributed by atoms with E-state index in [4.69, 9.17) is 9.47 Å². The van der Waals surface area contributed by atoms with Crippen LogP contribution in [0.1, 0.15) is 41.0 Å². The monoisotopic (exact) mass is 433 g/mol. The molecule has 3 aromatic rings. The van der Waals surface area contributed by atoms with Gasteiger partial charge in [-0.2, -0.15) is 0 Å². The number of nitro groups is 1. The Kier molecular flexibility index (Phi) is 7.33. The quantitative estimate of drug-likeness (QED) is 0.196. The molecule has 7 heteroatoms. The van der Waals surface area contributed by atoms with E-state index >= 15 is 0 Å². The Bertz CT molecular complexity index is 1110. The standard InChI is InChI=1S/C25H23NO6/c1-3-17(2)16-31-23-14-13-21(15-22(23)26(29)30)18-9-11-20(12-10-18)25(28)32-24(27)19-7-5-4-6-8-19/h4-15,17H,3,16H2,1-2H3. The van der Waals surface area contributed by atoms with Crippen molar-refractivity contribution in [2.45, 2.75) is 20.3 Å². The molecule has 3 aromatic carbocycles. The van der Waals surface area contributed by atoms with Crippen LogP contribution in [0.15, 0.2) is 72.8 Å².